The molecule has 0 fully saturated rings. The van der Waals surface area contributed by atoms with Crippen molar-refractivity contribution in [1.82, 2.24) is 14.8 Å². The van der Waals surface area contributed by atoms with Gasteiger partial charge in [-0.15, -0.1) is 16.8 Å². The molecule has 32 heavy (non-hydrogen) atoms. The van der Waals surface area contributed by atoms with Crippen LogP contribution >= 0.6 is 23.4 Å². The van der Waals surface area contributed by atoms with Gasteiger partial charge in [0.15, 0.2) is 11.0 Å². The first-order chi connectivity index (χ1) is 15.4. The average Bonchev–Trinajstić information content (AvgIpc) is 3.15. The number of hydrogen-bond donors (Lipinski definition) is 1. The van der Waals surface area contributed by atoms with Gasteiger partial charge in [-0.1, -0.05) is 41.6 Å². The van der Waals surface area contributed by atoms with Crippen LogP contribution in [0.2, 0.25) is 5.02 Å². The molecule has 1 amide bonds. The van der Waals surface area contributed by atoms with E-state index < -0.39 is 16.6 Å². The third-order valence-corrected chi connectivity index (χ3v) is 5.33. The summed E-state index contributed by atoms with van der Waals surface area (Å²) in [5.41, 5.74) is -0.0799. The number of allylic oxidation sites excluding steroid dienone is 1. The molecule has 9 nitrogen and oxygen atoms in total. The first-order valence-corrected chi connectivity index (χ1v) is 10.5. The molecule has 0 radical (unpaired) electrons. The molecule has 0 aliphatic rings. The monoisotopic (exact) mass is 477 g/mol. The molecule has 0 saturated carbocycles. The molecule has 1 aromatic heterocycles. The van der Waals surface area contributed by atoms with Crippen molar-refractivity contribution < 1.29 is 18.8 Å². The van der Waals surface area contributed by atoms with Crippen molar-refractivity contribution in [1.29, 1.82) is 0 Å². The summed E-state index contributed by atoms with van der Waals surface area (Å²) in [6, 6.07) is 9.87. The van der Waals surface area contributed by atoms with Gasteiger partial charge in [0.2, 0.25) is 5.91 Å². The number of carbonyl (C=O) groups is 1. The van der Waals surface area contributed by atoms with Gasteiger partial charge in [-0.25, -0.2) is 4.39 Å². The van der Waals surface area contributed by atoms with E-state index in [9.17, 15) is 19.3 Å². The number of halogens is 2. The van der Waals surface area contributed by atoms with Crippen molar-refractivity contribution in [2.75, 3.05) is 11.1 Å². The zero-order valence-corrected chi connectivity index (χ0v) is 18.1. The number of benzene rings is 2. The molecule has 0 bridgehead atoms. The van der Waals surface area contributed by atoms with Crippen LogP contribution < -0.4 is 10.1 Å². The Labute approximate surface area is 191 Å². The van der Waals surface area contributed by atoms with Crippen molar-refractivity contribution in [3.8, 4) is 5.75 Å². The largest absolute Gasteiger partial charge is 0.486 e. The summed E-state index contributed by atoms with van der Waals surface area (Å²) < 4.78 is 20.6. The lowest BCUT2D eigenvalue weighted by atomic mass is 10.2. The fourth-order valence-corrected chi connectivity index (χ4v) is 3.55. The Morgan fingerprint density at radius 2 is 2.12 bits per heavy atom. The molecule has 2 aromatic carbocycles. The molecule has 1 N–H and O–H groups in total. The highest BCUT2D eigenvalue weighted by molar-refractivity contribution is 7.99. The number of thioether (sulfide) groups is 1. The summed E-state index contributed by atoms with van der Waals surface area (Å²) in [5.74, 6) is -0.201. The third-order valence-electron chi connectivity index (χ3n) is 4.07. The molecular formula is C20H17ClFN5O4S. The molecule has 3 rings (SSSR count). The lowest BCUT2D eigenvalue weighted by Gasteiger charge is -2.10. The summed E-state index contributed by atoms with van der Waals surface area (Å²) in [4.78, 5) is 22.8. The molecule has 3 aromatic rings. The first-order valence-electron chi connectivity index (χ1n) is 9.16. The van der Waals surface area contributed by atoms with Gasteiger partial charge >= 0.3 is 0 Å². The van der Waals surface area contributed by atoms with Crippen LogP contribution in [0.3, 0.4) is 0 Å². The Kier molecular flexibility index (Phi) is 7.79. The average molecular weight is 478 g/mol. The van der Waals surface area contributed by atoms with Crippen LogP contribution in [0.1, 0.15) is 5.82 Å². The van der Waals surface area contributed by atoms with E-state index in [0.717, 1.165) is 11.8 Å². The van der Waals surface area contributed by atoms with Crippen LogP contribution in [0.25, 0.3) is 0 Å². The minimum Gasteiger partial charge on any atom is -0.486 e. The van der Waals surface area contributed by atoms with Gasteiger partial charge in [0.1, 0.15) is 23.9 Å². The molecule has 0 spiro atoms. The van der Waals surface area contributed by atoms with Crippen molar-refractivity contribution in [3.63, 3.8) is 0 Å². The standard InChI is InChI=1S/C20H17ClFN5O4S/c1-2-9-26-18(11-31-13-7-8-15(22)14(21)10-13)24-25-20(26)32-12-19(28)23-16-5-3-4-6-17(16)27(29)30/h2-8,10H,1,9,11-12H2,(H,23,28). The number of nitro groups is 1. The lowest BCUT2D eigenvalue weighted by molar-refractivity contribution is -0.383. The normalized spacial score (nSPS) is 10.6. The number of carbonyl (C=O) groups excluding carboxylic acids is 1. The van der Waals surface area contributed by atoms with E-state index >= 15 is 0 Å². The topological polar surface area (TPSA) is 112 Å². The van der Waals surface area contributed by atoms with E-state index in [1.54, 1.807) is 16.7 Å². The Morgan fingerprint density at radius 1 is 1.34 bits per heavy atom. The van der Waals surface area contributed by atoms with Gasteiger partial charge in [-0.05, 0) is 18.2 Å². The SMILES string of the molecule is C=CCn1c(COc2ccc(F)c(Cl)c2)nnc1SCC(=O)Nc1ccccc1[N+](=O)[O-]. The number of anilines is 1. The molecule has 0 atom stereocenters. The van der Waals surface area contributed by atoms with E-state index in [0.29, 0.717) is 23.3 Å². The second-order valence-electron chi connectivity index (χ2n) is 6.27. The maximum atomic E-state index is 13.3. The highest BCUT2D eigenvalue weighted by Gasteiger charge is 2.17. The Morgan fingerprint density at radius 3 is 2.84 bits per heavy atom. The minimum absolute atomic E-state index is 0.0335. The van der Waals surface area contributed by atoms with Crippen LogP contribution in [0.15, 0.2) is 60.3 Å². The first kappa shape index (κ1) is 23.2. The fourth-order valence-electron chi connectivity index (χ4n) is 2.61. The smallest absolute Gasteiger partial charge is 0.292 e. The molecule has 0 aliphatic heterocycles. The van der Waals surface area contributed by atoms with Crippen molar-refractivity contribution in [2.24, 2.45) is 0 Å². The Bertz CT molecular complexity index is 1160. The molecule has 0 unspecified atom stereocenters. The van der Waals surface area contributed by atoms with Crippen LogP contribution in [0.4, 0.5) is 15.8 Å². The Hall–Kier alpha value is -3.44. The van der Waals surface area contributed by atoms with Crippen molar-refractivity contribution >= 4 is 40.6 Å². The lowest BCUT2D eigenvalue weighted by Crippen LogP contribution is -2.16. The van der Waals surface area contributed by atoms with Crippen molar-refractivity contribution in [3.05, 3.63) is 81.9 Å². The highest BCUT2D eigenvalue weighted by Crippen LogP contribution is 2.25. The molecule has 12 heteroatoms. The molecule has 1 heterocycles. The predicted octanol–water partition coefficient (Wildman–Crippen LogP) is 4.47. The van der Waals surface area contributed by atoms with Crippen LogP contribution in [-0.2, 0) is 17.9 Å². The van der Waals surface area contributed by atoms with Gasteiger partial charge in [0, 0.05) is 18.7 Å². The molecular weight excluding hydrogens is 461 g/mol. The number of nitro benzene ring substituents is 1. The van der Waals surface area contributed by atoms with Gasteiger partial charge in [0.05, 0.1) is 15.7 Å². The summed E-state index contributed by atoms with van der Waals surface area (Å²) in [5, 5.41) is 22.2. The molecule has 0 saturated heterocycles. The van der Waals surface area contributed by atoms with Gasteiger partial charge < -0.3 is 10.1 Å². The maximum absolute atomic E-state index is 13.3. The molecule has 166 valence electrons. The van der Waals surface area contributed by atoms with Crippen LogP contribution in [0.5, 0.6) is 5.75 Å². The zero-order chi connectivity index (χ0) is 23.1. The molecule has 0 aliphatic carbocycles. The third kappa shape index (κ3) is 5.83. The Balaban J connectivity index is 1.64. The number of para-hydroxylation sites is 2. The van der Waals surface area contributed by atoms with Gasteiger partial charge in [-0.2, -0.15) is 0 Å². The summed E-state index contributed by atoms with van der Waals surface area (Å²) in [6.45, 7) is 4.10. The van der Waals surface area contributed by atoms with Crippen molar-refractivity contribution in [2.45, 2.75) is 18.3 Å². The zero-order valence-electron chi connectivity index (χ0n) is 16.5. The number of amides is 1. The quantitative estimate of drug-likeness (QED) is 0.198. The highest BCUT2D eigenvalue weighted by atomic mass is 35.5. The summed E-state index contributed by atoms with van der Waals surface area (Å²) in [6.07, 6.45) is 1.64. The second kappa shape index (κ2) is 10.7. The number of ether oxygens (including phenoxy) is 1. The number of rotatable bonds is 10. The summed E-state index contributed by atoms with van der Waals surface area (Å²) >= 11 is 6.87. The number of nitrogens with zero attached hydrogens (tertiary/aromatic N) is 4. The fraction of sp³-hybridized carbons (Fsp3) is 0.150. The van der Waals surface area contributed by atoms with Crippen LogP contribution in [-0.4, -0.2) is 31.3 Å². The van der Waals surface area contributed by atoms with E-state index in [1.165, 1.54) is 36.4 Å². The van der Waals surface area contributed by atoms with E-state index in [-0.39, 0.29) is 28.8 Å². The predicted molar refractivity (Wildman–Crippen MR) is 118 cm³/mol. The number of hydrogen-bond acceptors (Lipinski definition) is 7. The minimum atomic E-state index is -0.565. The second-order valence-corrected chi connectivity index (χ2v) is 7.62. The van der Waals surface area contributed by atoms with Crippen LogP contribution in [0, 0.1) is 15.9 Å². The van der Waals surface area contributed by atoms with E-state index in [2.05, 4.69) is 22.1 Å². The van der Waals surface area contributed by atoms with Gasteiger partial charge in [0.25, 0.3) is 5.69 Å². The number of nitrogens with one attached hydrogen (secondary N) is 1. The summed E-state index contributed by atoms with van der Waals surface area (Å²) in [7, 11) is 0. The van der Waals surface area contributed by atoms with E-state index in [4.69, 9.17) is 16.3 Å². The van der Waals surface area contributed by atoms with E-state index in [1.807, 2.05) is 0 Å². The van der Waals surface area contributed by atoms with Gasteiger partial charge in [-0.3, -0.25) is 19.5 Å². The number of aromatic nitrogens is 3. The maximum Gasteiger partial charge on any atom is 0.292 e.